The summed E-state index contributed by atoms with van der Waals surface area (Å²) < 4.78 is 5.55. The molecule has 0 unspecified atom stereocenters. The van der Waals surface area contributed by atoms with Crippen molar-refractivity contribution in [2.75, 3.05) is 19.6 Å². The lowest BCUT2D eigenvalue weighted by atomic mass is 9.98. The van der Waals surface area contributed by atoms with Crippen molar-refractivity contribution in [2.24, 2.45) is 0 Å². The van der Waals surface area contributed by atoms with E-state index in [2.05, 4.69) is 18.4 Å². The molecule has 1 heterocycles. The van der Waals surface area contributed by atoms with Gasteiger partial charge in [0.25, 0.3) is 0 Å². The van der Waals surface area contributed by atoms with Gasteiger partial charge in [0.15, 0.2) is 0 Å². The van der Waals surface area contributed by atoms with Crippen LogP contribution in [0.1, 0.15) is 54.4 Å². The molecular weight excluding hydrogens is 344 g/mol. The summed E-state index contributed by atoms with van der Waals surface area (Å²) in [5.74, 6) is -1.02. The molecule has 0 aromatic heterocycles. The van der Waals surface area contributed by atoms with Gasteiger partial charge in [-0.1, -0.05) is 26.0 Å². The van der Waals surface area contributed by atoms with Crippen molar-refractivity contribution >= 4 is 12.1 Å². The summed E-state index contributed by atoms with van der Waals surface area (Å²) >= 11 is 0. The van der Waals surface area contributed by atoms with E-state index in [-0.39, 0.29) is 17.2 Å². The molecule has 1 N–H and O–H groups in total. The number of allylic oxidation sites excluding steroid dienone is 3. The Morgan fingerprint density at radius 2 is 1.89 bits per heavy atom. The predicted octanol–water partition coefficient (Wildman–Crippen LogP) is 4.20. The number of piperazine rings is 1. The Bertz CT molecular complexity index is 627. The number of aliphatic carboxylic acids is 1. The molecule has 0 bridgehead atoms. The highest BCUT2D eigenvalue weighted by molar-refractivity contribution is 5.89. The minimum Gasteiger partial charge on any atom is -0.478 e. The fourth-order valence-corrected chi connectivity index (χ4v) is 3.01. The number of amides is 1. The molecule has 0 saturated carbocycles. The van der Waals surface area contributed by atoms with Crippen molar-refractivity contribution in [1.29, 1.82) is 0 Å². The minimum absolute atomic E-state index is 0.0529. The summed E-state index contributed by atoms with van der Waals surface area (Å²) in [6, 6.07) is 0. The highest BCUT2D eigenvalue weighted by atomic mass is 16.6. The molecule has 6 heteroatoms. The van der Waals surface area contributed by atoms with Crippen molar-refractivity contribution in [3.8, 4) is 0 Å². The summed E-state index contributed by atoms with van der Waals surface area (Å²) in [4.78, 5) is 27.4. The normalized spacial score (nSPS) is 17.9. The summed E-state index contributed by atoms with van der Waals surface area (Å²) in [5, 5.41) is 8.90. The first-order valence-corrected chi connectivity index (χ1v) is 9.42. The van der Waals surface area contributed by atoms with Crippen molar-refractivity contribution in [1.82, 2.24) is 9.80 Å². The molecule has 1 amide bonds. The van der Waals surface area contributed by atoms with Crippen LogP contribution in [-0.2, 0) is 9.53 Å². The quantitative estimate of drug-likeness (QED) is 0.554. The molecule has 0 aromatic rings. The summed E-state index contributed by atoms with van der Waals surface area (Å²) in [6.07, 6.45) is 6.75. The van der Waals surface area contributed by atoms with E-state index in [0.717, 1.165) is 18.5 Å². The van der Waals surface area contributed by atoms with Gasteiger partial charge < -0.3 is 14.7 Å². The molecule has 0 radical (unpaired) electrons. The van der Waals surface area contributed by atoms with Crippen LogP contribution in [0.3, 0.4) is 0 Å². The van der Waals surface area contributed by atoms with E-state index < -0.39 is 11.6 Å². The van der Waals surface area contributed by atoms with Crippen molar-refractivity contribution in [3.63, 3.8) is 0 Å². The Kier molecular flexibility index (Phi) is 7.69. The van der Waals surface area contributed by atoms with Crippen LogP contribution in [0.5, 0.6) is 0 Å². The SMILES string of the molecule is C=C(/C=C\C=C(/CCC)N1CCN(C(=O)OC(C)(C)C)C(C)(C)C1)C(=O)O. The Morgan fingerprint density at radius 3 is 2.37 bits per heavy atom. The molecule has 0 spiro atoms. The van der Waals surface area contributed by atoms with Crippen LogP contribution in [0.2, 0.25) is 0 Å². The van der Waals surface area contributed by atoms with Gasteiger partial charge in [-0.2, -0.15) is 0 Å². The van der Waals surface area contributed by atoms with E-state index in [1.54, 1.807) is 11.0 Å². The Hall–Kier alpha value is -2.24. The molecular formula is C21H34N2O4. The molecule has 1 fully saturated rings. The largest absolute Gasteiger partial charge is 0.478 e. The minimum atomic E-state index is -1.02. The van der Waals surface area contributed by atoms with Crippen LogP contribution < -0.4 is 0 Å². The van der Waals surface area contributed by atoms with Crippen LogP contribution in [0, 0.1) is 0 Å². The average Bonchev–Trinajstić information content (AvgIpc) is 2.50. The maximum absolute atomic E-state index is 12.5. The first kappa shape index (κ1) is 22.8. The van der Waals surface area contributed by atoms with E-state index in [4.69, 9.17) is 9.84 Å². The zero-order valence-corrected chi connectivity index (χ0v) is 17.5. The van der Waals surface area contributed by atoms with Gasteiger partial charge in [0.05, 0.1) is 11.1 Å². The highest BCUT2D eigenvalue weighted by Crippen LogP contribution is 2.27. The molecule has 27 heavy (non-hydrogen) atoms. The zero-order valence-electron chi connectivity index (χ0n) is 17.5. The van der Waals surface area contributed by atoms with Crippen molar-refractivity contribution < 1.29 is 19.4 Å². The third-order valence-electron chi connectivity index (χ3n) is 4.29. The maximum Gasteiger partial charge on any atom is 0.410 e. The molecule has 1 aliphatic rings. The van der Waals surface area contributed by atoms with Gasteiger partial charge in [0, 0.05) is 25.3 Å². The summed E-state index contributed by atoms with van der Waals surface area (Å²) in [6.45, 7) is 17.3. The molecule has 1 rings (SSSR count). The summed E-state index contributed by atoms with van der Waals surface area (Å²) in [7, 11) is 0. The monoisotopic (exact) mass is 378 g/mol. The van der Waals surface area contributed by atoms with Gasteiger partial charge in [-0.15, -0.1) is 0 Å². The van der Waals surface area contributed by atoms with Crippen molar-refractivity contribution in [2.45, 2.75) is 65.5 Å². The van der Waals surface area contributed by atoms with Crippen molar-refractivity contribution in [3.05, 3.63) is 36.1 Å². The number of hydrogen-bond donors (Lipinski definition) is 1. The van der Waals surface area contributed by atoms with E-state index in [9.17, 15) is 9.59 Å². The Morgan fingerprint density at radius 1 is 1.26 bits per heavy atom. The second kappa shape index (κ2) is 9.11. The van der Waals surface area contributed by atoms with Crippen LogP contribution in [-0.4, -0.2) is 57.7 Å². The topological polar surface area (TPSA) is 70.1 Å². The average molecular weight is 379 g/mol. The standard InChI is InChI=1S/C21H34N2O4/c1-8-10-17(12-9-11-16(2)18(24)25)22-13-14-23(21(6,7)15-22)19(26)27-20(3,4)5/h9,11-12H,2,8,10,13-15H2,1,3-7H3,(H,24,25)/b11-9-,17-12+. The number of carbonyl (C=O) groups is 2. The van der Waals surface area contributed by atoms with Gasteiger partial charge in [-0.05, 0) is 53.2 Å². The van der Waals surface area contributed by atoms with Gasteiger partial charge >= 0.3 is 12.1 Å². The van der Waals surface area contributed by atoms with E-state index in [0.29, 0.717) is 19.6 Å². The smallest absolute Gasteiger partial charge is 0.410 e. The second-order valence-electron chi connectivity index (χ2n) is 8.46. The number of carboxylic acids is 1. The molecule has 1 saturated heterocycles. The number of rotatable bonds is 6. The Labute approximate surface area is 163 Å². The zero-order chi connectivity index (χ0) is 20.8. The molecule has 152 valence electrons. The van der Waals surface area contributed by atoms with E-state index in [1.165, 1.54) is 6.08 Å². The lowest BCUT2D eigenvalue weighted by Gasteiger charge is -2.48. The fraction of sp³-hybridized carbons (Fsp3) is 0.619. The fourth-order valence-electron chi connectivity index (χ4n) is 3.01. The predicted molar refractivity (Wildman–Crippen MR) is 107 cm³/mol. The number of hydrogen-bond acceptors (Lipinski definition) is 4. The molecule has 6 nitrogen and oxygen atoms in total. The summed E-state index contributed by atoms with van der Waals surface area (Å²) in [5.41, 5.74) is 0.289. The van der Waals surface area contributed by atoms with Gasteiger partial charge in [0.2, 0.25) is 0 Å². The van der Waals surface area contributed by atoms with E-state index >= 15 is 0 Å². The second-order valence-corrected chi connectivity index (χ2v) is 8.46. The molecule has 0 aromatic carbocycles. The number of carboxylic acid groups (broad SMARTS) is 1. The van der Waals surface area contributed by atoms with Crippen LogP contribution >= 0.6 is 0 Å². The lowest BCUT2D eigenvalue weighted by Crippen LogP contribution is -2.61. The highest BCUT2D eigenvalue weighted by Gasteiger charge is 2.39. The molecule has 1 aliphatic heterocycles. The first-order chi connectivity index (χ1) is 12.4. The lowest BCUT2D eigenvalue weighted by molar-refractivity contribution is -0.132. The van der Waals surface area contributed by atoms with Gasteiger partial charge in [-0.25, -0.2) is 9.59 Å². The molecule has 0 aliphatic carbocycles. The van der Waals surface area contributed by atoms with E-state index in [1.807, 2.05) is 40.7 Å². The third kappa shape index (κ3) is 7.12. The van der Waals surface area contributed by atoms with Crippen LogP contribution in [0.15, 0.2) is 36.1 Å². The van der Waals surface area contributed by atoms with Gasteiger partial charge in [-0.3, -0.25) is 4.90 Å². The number of carbonyl (C=O) groups excluding carboxylic acids is 1. The van der Waals surface area contributed by atoms with Crippen LogP contribution in [0.4, 0.5) is 4.79 Å². The number of nitrogens with zero attached hydrogens (tertiary/aromatic N) is 2. The first-order valence-electron chi connectivity index (χ1n) is 9.42. The van der Waals surface area contributed by atoms with Gasteiger partial charge in [0.1, 0.15) is 5.60 Å². The van der Waals surface area contributed by atoms with Crippen LogP contribution in [0.25, 0.3) is 0 Å². The maximum atomic E-state index is 12.5. The number of ether oxygens (including phenoxy) is 1. The Balaban J connectivity index is 2.90. The molecule has 0 atom stereocenters. The third-order valence-corrected chi connectivity index (χ3v) is 4.29.